The Morgan fingerprint density at radius 1 is 1.60 bits per heavy atom. The highest BCUT2D eigenvalue weighted by molar-refractivity contribution is 6.31. The van der Waals surface area contributed by atoms with Gasteiger partial charge in [0.25, 0.3) is 0 Å². The standard InChI is InChI=1S/C7H9ClN2/c1-4-5-7(8)6(2)10-9-3/h4-5H,1-2H2,3H3/b7-5+,10-9?. The highest BCUT2D eigenvalue weighted by Crippen LogP contribution is 2.13. The van der Waals surface area contributed by atoms with Gasteiger partial charge in [0, 0.05) is 7.05 Å². The largest absolute Gasteiger partial charge is 0.192 e. The van der Waals surface area contributed by atoms with Gasteiger partial charge in [-0.1, -0.05) is 30.8 Å². The molecule has 0 fully saturated rings. The Morgan fingerprint density at radius 3 is 2.60 bits per heavy atom. The first-order chi connectivity index (χ1) is 4.72. The second kappa shape index (κ2) is 4.94. The van der Waals surface area contributed by atoms with Crippen molar-refractivity contribution < 1.29 is 0 Å². The quantitative estimate of drug-likeness (QED) is 0.444. The zero-order valence-electron chi connectivity index (χ0n) is 5.84. The average molecular weight is 157 g/mol. The number of nitrogens with zero attached hydrogens (tertiary/aromatic N) is 2. The van der Waals surface area contributed by atoms with E-state index in [0.717, 1.165) is 0 Å². The first-order valence-corrected chi connectivity index (χ1v) is 3.07. The van der Waals surface area contributed by atoms with Crippen LogP contribution in [0.1, 0.15) is 0 Å². The molecule has 0 aromatic rings. The van der Waals surface area contributed by atoms with E-state index in [1.807, 2.05) is 0 Å². The summed E-state index contributed by atoms with van der Waals surface area (Å²) in [5.41, 5.74) is 0.448. The Hall–Kier alpha value is -0.890. The van der Waals surface area contributed by atoms with Gasteiger partial charge < -0.3 is 0 Å². The number of hydrogen-bond acceptors (Lipinski definition) is 2. The van der Waals surface area contributed by atoms with Crippen LogP contribution in [0.5, 0.6) is 0 Å². The maximum atomic E-state index is 5.65. The molecule has 0 spiro atoms. The smallest absolute Gasteiger partial charge is 0.0966 e. The topological polar surface area (TPSA) is 24.7 Å². The minimum atomic E-state index is 0.448. The highest BCUT2D eigenvalue weighted by atomic mass is 35.5. The van der Waals surface area contributed by atoms with Gasteiger partial charge in [-0.25, -0.2) is 0 Å². The third-order valence-corrected chi connectivity index (χ3v) is 1.10. The van der Waals surface area contributed by atoms with Crippen molar-refractivity contribution >= 4 is 11.6 Å². The van der Waals surface area contributed by atoms with Gasteiger partial charge >= 0.3 is 0 Å². The number of allylic oxidation sites excluding steroid dienone is 3. The molecule has 0 saturated carbocycles. The van der Waals surface area contributed by atoms with Gasteiger partial charge in [-0.15, -0.1) is 0 Å². The lowest BCUT2D eigenvalue weighted by Gasteiger charge is -1.91. The number of hydrogen-bond donors (Lipinski definition) is 0. The molecule has 0 rings (SSSR count). The van der Waals surface area contributed by atoms with Gasteiger partial charge in [0.1, 0.15) is 0 Å². The van der Waals surface area contributed by atoms with E-state index in [9.17, 15) is 0 Å². The third kappa shape index (κ3) is 3.20. The van der Waals surface area contributed by atoms with Crippen molar-refractivity contribution in [2.45, 2.75) is 0 Å². The van der Waals surface area contributed by atoms with E-state index < -0.39 is 0 Å². The zero-order chi connectivity index (χ0) is 7.98. The lowest BCUT2D eigenvalue weighted by molar-refractivity contribution is 1.12. The summed E-state index contributed by atoms with van der Waals surface area (Å²) >= 11 is 5.65. The van der Waals surface area contributed by atoms with Crippen molar-refractivity contribution in [1.29, 1.82) is 0 Å². The normalized spacial score (nSPS) is 12.0. The van der Waals surface area contributed by atoms with Crippen molar-refractivity contribution in [1.82, 2.24) is 0 Å². The minimum Gasteiger partial charge on any atom is -0.192 e. The molecule has 0 saturated heterocycles. The molecule has 0 heterocycles. The summed E-state index contributed by atoms with van der Waals surface area (Å²) in [5, 5.41) is 7.59. The molecule has 0 unspecified atom stereocenters. The lowest BCUT2D eigenvalue weighted by atomic mass is 10.4. The molecular weight excluding hydrogens is 148 g/mol. The Balaban J connectivity index is 4.21. The van der Waals surface area contributed by atoms with Crippen LogP contribution in [0, 0.1) is 0 Å². The van der Waals surface area contributed by atoms with Crippen LogP contribution in [0.4, 0.5) is 0 Å². The molecule has 54 valence electrons. The SMILES string of the molecule is C=C/C=C(/Cl)C(=C)N=NC. The van der Waals surface area contributed by atoms with Gasteiger partial charge in [0.05, 0.1) is 10.7 Å². The third-order valence-electron chi connectivity index (χ3n) is 0.761. The molecule has 0 aromatic carbocycles. The maximum Gasteiger partial charge on any atom is 0.0966 e. The molecule has 0 aliphatic rings. The van der Waals surface area contributed by atoms with Crippen LogP contribution in [-0.4, -0.2) is 7.05 Å². The van der Waals surface area contributed by atoms with Crippen LogP contribution in [0.15, 0.2) is 46.3 Å². The molecule has 0 radical (unpaired) electrons. The van der Waals surface area contributed by atoms with Gasteiger partial charge in [-0.3, -0.25) is 0 Å². The first kappa shape index (κ1) is 9.11. The molecule has 0 atom stereocenters. The summed E-state index contributed by atoms with van der Waals surface area (Å²) < 4.78 is 0. The van der Waals surface area contributed by atoms with Crippen molar-refractivity contribution in [3.63, 3.8) is 0 Å². The van der Waals surface area contributed by atoms with E-state index in [4.69, 9.17) is 11.6 Å². The van der Waals surface area contributed by atoms with Crippen molar-refractivity contribution in [2.24, 2.45) is 10.2 Å². The highest BCUT2D eigenvalue weighted by Gasteiger charge is 1.93. The predicted octanol–water partition coefficient (Wildman–Crippen LogP) is 2.89. The lowest BCUT2D eigenvalue weighted by Crippen LogP contribution is -1.72. The molecule has 0 aliphatic heterocycles. The fourth-order valence-electron chi connectivity index (χ4n) is 0.368. The summed E-state index contributed by atoms with van der Waals surface area (Å²) in [5.74, 6) is 0. The molecule has 0 amide bonds. The van der Waals surface area contributed by atoms with Crippen LogP contribution in [0.2, 0.25) is 0 Å². The number of azo groups is 1. The molecule has 3 heteroatoms. The second-order valence-electron chi connectivity index (χ2n) is 1.50. The van der Waals surface area contributed by atoms with Crippen LogP contribution in [-0.2, 0) is 0 Å². The maximum absolute atomic E-state index is 5.65. The summed E-state index contributed by atoms with van der Waals surface area (Å²) in [4.78, 5) is 0. The van der Waals surface area contributed by atoms with E-state index in [-0.39, 0.29) is 0 Å². The second-order valence-corrected chi connectivity index (χ2v) is 1.90. The summed E-state index contributed by atoms with van der Waals surface area (Å²) in [6.45, 7) is 7.02. The number of rotatable bonds is 3. The van der Waals surface area contributed by atoms with Gasteiger partial charge in [-0.2, -0.15) is 10.2 Å². The van der Waals surface area contributed by atoms with Crippen LogP contribution >= 0.6 is 11.6 Å². The molecular formula is C7H9ClN2. The van der Waals surface area contributed by atoms with Crippen molar-refractivity contribution in [2.75, 3.05) is 7.05 Å². The fourth-order valence-corrected chi connectivity index (χ4v) is 0.495. The molecule has 0 bridgehead atoms. The van der Waals surface area contributed by atoms with E-state index >= 15 is 0 Å². The van der Waals surface area contributed by atoms with E-state index in [0.29, 0.717) is 10.7 Å². The van der Waals surface area contributed by atoms with Gasteiger partial charge in [0.15, 0.2) is 0 Å². The summed E-state index contributed by atoms with van der Waals surface area (Å²) in [6.07, 6.45) is 3.18. The van der Waals surface area contributed by atoms with Crippen LogP contribution in [0.3, 0.4) is 0 Å². The Labute approximate surface area is 65.6 Å². The summed E-state index contributed by atoms with van der Waals surface area (Å²) in [6, 6.07) is 0. The zero-order valence-corrected chi connectivity index (χ0v) is 6.60. The van der Waals surface area contributed by atoms with E-state index in [2.05, 4.69) is 23.4 Å². The Morgan fingerprint density at radius 2 is 2.20 bits per heavy atom. The molecule has 0 N–H and O–H groups in total. The van der Waals surface area contributed by atoms with Crippen molar-refractivity contribution in [3.05, 3.63) is 36.0 Å². The molecule has 2 nitrogen and oxygen atoms in total. The Kier molecular flexibility index (Phi) is 4.50. The van der Waals surface area contributed by atoms with E-state index in [1.165, 1.54) is 0 Å². The van der Waals surface area contributed by atoms with Gasteiger partial charge in [-0.05, 0) is 6.08 Å². The average Bonchev–Trinajstić information content (AvgIpc) is 1.89. The molecule has 0 aliphatic carbocycles. The monoisotopic (exact) mass is 156 g/mol. The fraction of sp³-hybridized carbons (Fsp3) is 0.143. The first-order valence-electron chi connectivity index (χ1n) is 2.69. The molecule has 0 aromatic heterocycles. The minimum absolute atomic E-state index is 0.448. The molecule has 10 heavy (non-hydrogen) atoms. The predicted molar refractivity (Wildman–Crippen MR) is 44.1 cm³/mol. The van der Waals surface area contributed by atoms with E-state index in [1.54, 1.807) is 19.2 Å². The summed E-state index contributed by atoms with van der Waals surface area (Å²) in [7, 11) is 1.56. The Bertz CT molecular complexity index is 192. The van der Waals surface area contributed by atoms with Crippen LogP contribution < -0.4 is 0 Å². The van der Waals surface area contributed by atoms with Crippen LogP contribution in [0.25, 0.3) is 0 Å². The number of halogens is 1. The van der Waals surface area contributed by atoms with Gasteiger partial charge in [0.2, 0.25) is 0 Å². The van der Waals surface area contributed by atoms with Crippen molar-refractivity contribution in [3.8, 4) is 0 Å².